The van der Waals surface area contributed by atoms with E-state index in [1.807, 2.05) is 59.4 Å². The van der Waals surface area contributed by atoms with Crippen molar-refractivity contribution in [2.24, 2.45) is 5.92 Å². The largest absolute Gasteiger partial charge is 0.354 e. The molecule has 1 aromatic heterocycles. The smallest absolute Gasteiger partial charge is 0.226 e. The Morgan fingerprint density at radius 3 is 2.57 bits per heavy atom. The third kappa shape index (κ3) is 3.28. The van der Waals surface area contributed by atoms with Crippen molar-refractivity contribution >= 4 is 11.8 Å². The second-order valence-electron chi connectivity index (χ2n) is 5.88. The molecule has 2 heterocycles. The van der Waals surface area contributed by atoms with E-state index in [4.69, 9.17) is 0 Å². The van der Waals surface area contributed by atoms with Gasteiger partial charge in [0.2, 0.25) is 11.8 Å². The van der Waals surface area contributed by atoms with Crippen LogP contribution in [0.25, 0.3) is 0 Å². The lowest BCUT2D eigenvalue weighted by atomic mass is 9.93. The number of hydrogen-bond acceptors (Lipinski definition) is 2. The number of benzene rings is 1. The maximum absolute atomic E-state index is 12.5. The van der Waals surface area contributed by atoms with Crippen LogP contribution in [0.2, 0.25) is 0 Å². The summed E-state index contributed by atoms with van der Waals surface area (Å²) in [6.07, 6.45) is 4.20. The summed E-state index contributed by atoms with van der Waals surface area (Å²) in [7, 11) is 1.77. The molecule has 5 nitrogen and oxygen atoms in total. The number of aromatic nitrogens is 1. The highest BCUT2D eigenvalue weighted by molar-refractivity contribution is 5.90. The van der Waals surface area contributed by atoms with Crippen LogP contribution < -0.4 is 5.32 Å². The maximum atomic E-state index is 12.5. The van der Waals surface area contributed by atoms with E-state index in [2.05, 4.69) is 5.32 Å². The molecule has 1 aliphatic heterocycles. The van der Waals surface area contributed by atoms with Gasteiger partial charge in [0.05, 0.1) is 12.0 Å². The zero-order chi connectivity index (χ0) is 16.2. The fourth-order valence-electron chi connectivity index (χ4n) is 3.17. The monoisotopic (exact) mass is 311 g/mol. The molecule has 3 rings (SSSR count). The molecule has 0 saturated carbocycles. The number of hydrogen-bond donors (Lipinski definition) is 1. The summed E-state index contributed by atoms with van der Waals surface area (Å²) >= 11 is 0. The zero-order valence-electron chi connectivity index (χ0n) is 13.2. The number of carbonyl (C=O) groups is 2. The maximum Gasteiger partial charge on any atom is 0.226 e. The summed E-state index contributed by atoms with van der Waals surface area (Å²) in [5.74, 6) is -0.368. The van der Waals surface area contributed by atoms with E-state index in [9.17, 15) is 9.59 Å². The Balaban J connectivity index is 1.66. The van der Waals surface area contributed by atoms with Crippen LogP contribution in [0.1, 0.15) is 18.0 Å². The highest BCUT2D eigenvalue weighted by atomic mass is 16.2. The molecule has 0 radical (unpaired) electrons. The number of carbonyl (C=O) groups excluding carboxylic acids is 2. The van der Waals surface area contributed by atoms with E-state index in [0.717, 1.165) is 12.1 Å². The minimum atomic E-state index is -0.334. The van der Waals surface area contributed by atoms with Crippen LogP contribution in [0.15, 0.2) is 54.9 Å². The van der Waals surface area contributed by atoms with E-state index in [1.165, 1.54) is 0 Å². The van der Waals surface area contributed by atoms with E-state index >= 15 is 0 Å². The highest BCUT2D eigenvalue weighted by Gasteiger charge is 2.42. The molecule has 1 aromatic carbocycles. The van der Waals surface area contributed by atoms with Gasteiger partial charge in [0.25, 0.3) is 0 Å². The molecule has 5 heteroatoms. The molecule has 0 aliphatic carbocycles. The Morgan fingerprint density at radius 2 is 1.87 bits per heavy atom. The Kier molecular flexibility index (Phi) is 4.46. The molecular weight excluding hydrogens is 290 g/mol. The van der Waals surface area contributed by atoms with Crippen LogP contribution in [0.3, 0.4) is 0 Å². The topological polar surface area (TPSA) is 54.3 Å². The van der Waals surface area contributed by atoms with Crippen molar-refractivity contribution in [2.75, 3.05) is 13.6 Å². The van der Waals surface area contributed by atoms with Gasteiger partial charge in [-0.25, -0.2) is 0 Å². The Labute approximate surface area is 135 Å². The molecular formula is C18H21N3O2. The van der Waals surface area contributed by atoms with Gasteiger partial charge in [0, 0.05) is 39.0 Å². The van der Waals surface area contributed by atoms with Gasteiger partial charge in [-0.2, -0.15) is 0 Å². The predicted molar refractivity (Wildman–Crippen MR) is 87.5 cm³/mol. The molecule has 1 saturated heterocycles. The summed E-state index contributed by atoms with van der Waals surface area (Å²) in [6.45, 7) is 1.29. The number of amides is 2. The lowest BCUT2D eigenvalue weighted by Crippen LogP contribution is -2.36. The van der Waals surface area contributed by atoms with Crippen LogP contribution >= 0.6 is 0 Å². The number of nitrogens with zero attached hydrogens (tertiary/aromatic N) is 2. The van der Waals surface area contributed by atoms with E-state index in [1.54, 1.807) is 11.9 Å². The SMILES string of the molecule is CN1C(=O)C[C@@H](C(=O)NCCn2cccc2)[C@@H]1c1ccccc1. The first-order valence-electron chi connectivity index (χ1n) is 7.86. The van der Waals surface area contributed by atoms with Gasteiger partial charge in [0.1, 0.15) is 0 Å². The van der Waals surface area contributed by atoms with Crippen LogP contribution in [-0.2, 0) is 16.1 Å². The average Bonchev–Trinajstić information content (AvgIpc) is 3.17. The first-order valence-corrected chi connectivity index (χ1v) is 7.86. The van der Waals surface area contributed by atoms with E-state index in [0.29, 0.717) is 6.54 Å². The zero-order valence-corrected chi connectivity index (χ0v) is 13.2. The molecule has 1 fully saturated rings. The van der Waals surface area contributed by atoms with Crippen molar-refractivity contribution in [3.05, 3.63) is 60.4 Å². The summed E-state index contributed by atoms with van der Waals surface area (Å²) in [5, 5.41) is 2.97. The predicted octanol–water partition coefficient (Wildman–Crippen LogP) is 1.82. The normalized spacial score (nSPS) is 20.7. The third-order valence-electron chi connectivity index (χ3n) is 4.40. The average molecular weight is 311 g/mol. The summed E-state index contributed by atoms with van der Waals surface area (Å²) in [4.78, 5) is 26.3. The van der Waals surface area contributed by atoms with Crippen LogP contribution in [0, 0.1) is 5.92 Å². The van der Waals surface area contributed by atoms with Crippen molar-refractivity contribution in [1.82, 2.24) is 14.8 Å². The van der Waals surface area contributed by atoms with Gasteiger partial charge < -0.3 is 14.8 Å². The molecule has 2 atom stereocenters. The lowest BCUT2D eigenvalue weighted by Gasteiger charge is -2.25. The quantitative estimate of drug-likeness (QED) is 0.916. The third-order valence-corrected chi connectivity index (χ3v) is 4.40. The summed E-state index contributed by atoms with van der Waals surface area (Å²) in [6, 6.07) is 13.5. The summed E-state index contributed by atoms with van der Waals surface area (Å²) in [5.41, 5.74) is 1.01. The van der Waals surface area contributed by atoms with Crippen LogP contribution in [-0.4, -0.2) is 34.9 Å². The lowest BCUT2D eigenvalue weighted by molar-refractivity contribution is -0.128. The fraction of sp³-hybridized carbons (Fsp3) is 0.333. The standard InChI is InChI=1S/C18H21N3O2/c1-20-16(22)13-15(17(20)14-7-3-2-4-8-14)18(23)19-9-12-21-10-5-6-11-21/h2-8,10-11,15,17H,9,12-13H2,1H3,(H,19,23)/t15-,17+/m1/s1. The fourth-order valence-corrected chi connectivity index (χ4v) is 3.17. The van der Waals surface area contributed by atoms with Gasteiger partial charge in [-0.15, -0.1) is 0 Å². The molecule has 0 spiro atoms. The molecule has 2 aromatic rings. The van der Waals surface area contributed by atoms with Gasteiger partial charge in [-0.1, -0.05) is 30.3 Å². The molecule has 0 unspecified atom stereocenters. The van der Waals surface area contributed by atoms with Crippen molar-refractivity contribution in [2.45, 2.75) is 19.0 Å². The molecule has 0 bridgehead atoms. The first kappa shape index (κ1) is 15.3. The van der Waals surface area contributed by atoms with Gasteiger partial charge in [-0.3, -0.25) is 9.59 Å². The molecule has 23 heavy (non-hydrogen) atoms. The number of likely N-dealkylation sites (tertiary alicyclic amines) is 1. The second kappa shape index (κ2) is 6.69. The second-order valence-corrected chi connectivity index (χ2v) is 5.88. The minimum Gasteiger partial charge on any atom is -0.354 e. The number of nitrogens with one attached hydrogen (secondary N) is 1. The van der Waals surface area contributed by atoms with Crippen molar-refractivity contribution in [3.63, 3.8) is 0 Å². The van der Waals surface area contributed by atoms with Crippen molar-refractivity contribution in [1.29, 1.82) is 0 Å². The first-order chi connectivity index (χ1) is 11.2. The van der Waals surface area contributed by atoms with Gasteiger partial charge in [-0.05, 0) is 17.7 Å². The van der Waals surface area contributed by atoms with Crippen molar-refractivity contribution in [3.8, 4) is 0 Å². The van der Waals surface area contributed by atoms with Crippen LogP contribution in [0.5, 0.6) is 0 Å². The van der Waals surface area contributed by atoms with Crippen LogP contribution in [0.4, 0.5) is 0 Å². The highest BCUT2D eigenvalue weighted by Crippen LogP contribution is 2.36. The minimum absolute atomic E-state index is 0.0180. The van der Waals surface area contributed by atoms with E-state index < -0.39 is 0 Å². The molecule has 2 amide bonds. The summed E-state index contributed by atoms with van der Waals surface area (Å²) < 4.78 is 2.01. The Morgan fingerprint density at radius 1 is 1.17 bits per heavy atom. The Bertz CT molecular complexity index is 667. The Hall–Kier alpha value is -2.56. The molecule has 1 aliphatic rings. The molecule has 1 N–H and O–H groups in total. The van der Waals surface area contributed by atoms with Gasteiger partial charge in [0.15, 0.2) is 0 Å². The number of rotatable bonds is 5. The molecule has 120 valence electrons. The van der Waals surface area contributed by atoms with E-state index in [-0.39, 0.29) is 30.2 Å². The van der Waals surface area contributed by atoms with Gasteiger partial charge >= 0.3 is 0 Å². The van der Waals surface area contributed by atoms with Crippen molar-refractivity contribution < 1.29 is 9.59 Å².